The quantitative estimate of drug-likeness (QED) is 0.461. The first kappa shape index (κ1) is 20.4. The molecule has 0 spiro atoms. The highest BCUT2D eigenvalue weighted by Gasteiger charge is 2.16. The summed E-state index contributed by atoms with van der Waals surface area (Å²) in [5.41, 5.74) is 1.64. The Bertz CT molecular complexity index is 1450. The van der Waals surface area contributed by atoms with Crippen molar-refractivity contribution >= 4 is 49.3 Å². The summed E-state index contributed by atoms with van der Waals surface area (Å²) >= 11 is 1.59. The van der Waals surface area contributed by atoms with Crippen LogP contribution >= 0.6 is 11.3 Å². The van der Waals surface area contributed by atoms with Crippen molar-refractivity contribution in [3.8, 4) is 0 Å². The maximum Gasteiger partial charge on any atom is 0.316 e. The minimum Gasteiger partial charge on any atom is -0.378 e. The van der Waals surface area contributed by atoms with Crippen LogP contribution in [0.5, 0.6) is 0 Å². The van der Waals surface area contributed by atoms with Crippen molar-refractivity contribution in [2.24, 2.45) is 0 Å². The second-order valence-corrected chi connectivity index (χ2v) is 8.48. The molecule has 32 heavy (non-hydrogen) atoms. The Kier molecular flexibility index (Phi) is 5.24. The molecule has 4 aromatic rings. The zero-order valence-electron chi connectivity index (χ0n) is 17.4. The molecule has 1 aliphatic rings. The van der Waals surface area contributed by atoms with Crippen molar-refractivity contribution < 1.29 is 9.53 Å². The summed E-state index contributed by atoms with van der Waals surface area (Å²) in [6, 6.07) is 10.5. The number of morpholine rings is 1. The number of nitrogens with one attached hydrogen (secondary N) is 2. The second kappa shape index (κ2) is 8.21. The monoisotopic (exact) mass is 451 g/mol. The standard InChI is InChI=1S/C22H21N5O4S/c1-2-27-17-6-3-13(11-16(17)24-20(29)21(27)30)19(28)23-14-4-5-15-18(12-14)32-22(25-15)26-7-9-31-10-8-26/h3-6,11-12H,2,7-10H2,1H3,(H,23,28)(H,24,29). The number of aromatic nitrogens is 3. The number of aryl methyl sites for hydroxylation is 1. The molecular weight excluding hydrogens is 430 g/mol. The van der Waals surface area contributed by atoms with Crippen LogP contribution < -0.4 is 21.3 Å². The highest BCUT2D eigenvalue weighted by molar-refractivity contribution is 7.22. The van der Waals surface area contributed by atoms with Crippen LogP contribution in [-0.2, 0) is 11.3 Å². The van der Waals surface area contributed by atoms with Gasteiger partial charge in [-0.2, -0.15) is 0 Å². The average Bonchev–Trinajstić information content (AvgIpc) is 3.24. The molecule has 2 aromatic heterocycles. The summed E-state index contributed by atoms with van der Waals surface area (Å²) in [5, 5.41) is 3.86. The SMILES string of the molecule is CCn1c(=O)c(=O)[nH]c2cc(C(=O)Nc3ccc4nc(N5CCOCC5)sc4c3)ccc21. The average molecular weight is 452 g/mol. The van der Waals surface area contributed by atoms with Crippen LogP contribution in [0.25, 0.3) is 21.3 Å². The maximum absolute atomic E-state index is 12.8. The Morgan fingerprint density at radius 1 is 1.19 bits per heavy atom. The van der Waals surface area contributed by atoms with Gasteiger partial charge in [-0.05, 0) is 43.3 Å². The Morgan fingerprint density at radius 3 is 2.78 bits per heavy atom. The summed E-state index contributed by atoms with van der Waals surface area (Å²) in [6.07, 6.45) is 0. The number of anilines is 2. The number of ether oxygens (including phenoxy) is 1. The van der Waals surface area contributed by atoms with Gasteiger partial charge in [-0.3, -0.25) is 14.4 Å². The molecule has 1 aliphatic heterocycles. The topological polar surface area (TPSA) is 109 Å². The fourth-order valence-corrected chi connectivity index (χ4v) is 4.87. The van der Waals surface area contributed by atoms with Gasteiger partial charge in [0.15, 0.2) is 5.13 Å². The summed E-state index contributed by atoms with van der Waals surface area (Å²) in [7, 11) is 0. The number of nitrogens with zero attached hydrogens (tertiary/aromatic N) is 3. The van der Waals surface area contributed by atoms with Gasteiger partial charge in [-0.25, -0.2) is 4.98 Å². The highest BCUT2D eigenvalue weighted by atomic mass is 32.1. The van der Waals surface area contributed by atoms with E-state index in [1.54, 1.807) is 36.5 Å². The van der Waals surface area contributed by atoms with Gasteiger partial charge >= 0.3 is 11.1 Å². The third-order valence-electron chi connectivity index (χ3n) is 5.47. The third kappa shape index (κ3) is 3.67. The number of hydrogen-bond donors (Lipinski definition) is 2. The van der Waals surface area contributed by atoms with Gasteiger partial charge in [-0.1, -0.05) is 11.3 Å². The molecule has 164 valence electrons. The summed E-state index contributed by atoms with van der Waals surface area (Å²) in [4.78, 5) is 46.2. The normalized spacial score (nSPS) is 14.2. The molecule has 1 amide bonds. The Morgan fingerprint density at radius 2 is 2.00 bits per heavy atom. The zero-order chi connectivity index (χ0) is 22.2. The lowest BCUT2D eigenvalue weighted by molar-refractivity contribution is 0.102. The predicted molar refractivity (Wildman–Crippen MR) is 125 cm³/mol. The van der Waals surface area contributed by atoms with Crippen LogP contribution in [0.4, 0.5) is 10.8 Å². The first-order valence-electron chi connectivity index (χ1n) is 10.3. The fourth-order valence-electron chi connectivity index (χ4n) is 3.82. The molecule has 9 nitrogen and oxygen atoms in total. The predicted octanol–water partition coefficient (Wildman–Crippen LogP) is 2.41. The molecular formula is C22H21N5O4S. The molecule has 0 bridgehead atoms. The molecule has 0 saturated carbocycles. The van der Waals surface area contributed by atoms with E-state index in [4.69, 9.17) is 9.72 Å². The Balaban J connectivity index is 1.41. The van der Waals surface area contributed by atoms with Gasteiger partial charge in [0, 0.05) is 30.9 Å². The van der Waals surface area contributed by atoms with Crippen molar-refractivity contribution in [1.82, 2.24) is 14.5 Å². The largest absolute Gasteiger partial charge is 0.378 e. The maximum atomic E-state index is 12.8. The second-order valence-electron chi connectivity index (χ2n) is 7.47. The van der Waals surface area contributed by atoms with Gasteiger partial charge in [0.1, 0.15) is 0 Å². The lowest BCUT2D eigenvalue weighted by atomic mass is 10.1. The van der Waals surface area contributed by atoms with Crippen LogP contribution in [0.1, 0.15) is 17.3 Å². The number of thiazole rings is 1. The van der Waals surface area contributed by atoms with E-state index in [0.29, 0.717) is 42.0 Å². The van der Waals surface area contributed by atoms with Crippen molar-refractivity contribution in [2.75, 3.05) is 36.5 Å². The van der Waals surface area contributed by atoms with E-state index in [2.05, 4.69) is 15.2 Å². The van der Waals surface area contributed by atoms with E-state index < -0.39 is 11.1 Å². The number of H-pyrrole nitrogens is 1. The van der Waals surface area contributed by atoms with Gasteiger partial charge < -0.3 is 24.5 Å². The van der Waals surface area contributed by atoms with Crippen LogP contribution in [-0.4, -0.2) is 46.7 Å². The molecule has 0 atom stereocenters. The van der Waals surface area contributed by atoms with Crippen molar-refractivity contribution in [3.63, 3.8) is 0 Å². The van der Waals surface area contributed by atoms with Crippen LogP contribution in [0.2, 0.25) is 0 Å². The molecule has 3 heterocycles. The van der Waals surface area contributed by atoms with E-state index >= 15 is 0 Å². The van der Waals surface area contributed by atoms with E-state index in [1.165, 1.54) is 4.57 Å². The molecule has 0 unspecified atom stereocenters. The third-order valence-corrected chi connectivity index (χ3v) is 6.55. The molecule has 5 rings (SSSR count). The Labute approximate surface area is 186 Å². The first-order chi connectivity index (χ1) is 15.5. The highest BCUT2D eigenvalue weighted by Crippen LogP contribution is 2.31. The van der Waals surface area contributed by atoms with Gasteiger partial charge in [-0.15, -0.1) is 0 Å². The minimum absolute atomic E-state index is 0.306. The number of benzene rings is 2. The van der Waals surface area contributed by atoms with E-state index in [0.717, 1.165) is 28.4 Å². The number of carbonyl (C=O) groups is 1. The van der Waals surface area contributed by atoms with Crippen molar-refractivity contribution in [1.29, 1.82) is 0 Å². The summed E-state index contributed by atoms with van der Waals surface area (Å²) in [5.74, 6) is -0.306. The van der Waals surface area contributed by atoms with E-state index in [9.17, 15) is 14.4 Å². The molecule has 0 radical (unpaired) electrons. The summed E-state index contributed by atoms with van der Waals surface area (Å²) in [6.45, 7) is 5.19. The van der Waals surface area contributed by atoms with Gasteiger partial charge in [0.05, 0.1) is 34.5 Å². The van der Waals surface area contributed by atoms with Crippen LogP contribution in [0, 0.1) is 0 Å². The van der Waals surface area contributed by atoms with Gasteiger partial charge in [0.2, 0.25) is 0 Å². The molecule has 2 N–H and O–H groups in total. The zero-order valence-corrected chi connectivity index (χ0v) is 18.2. The van der Waals surface area contributed by atoms with Crippen molar-refractivity contribution in [3.05, 3.63) is 62.7 Å². The molecule has 2 aromatic carbocycles. The fraction of sp³-hybridized carbons (Fsp3) is 0.273. The molecule has 1 saturated heterocycles. The van der Waals surface area contributed by atoms with Gasteiger partial charge in [0.25, 0.3) is 5.91 Å². The smallest absolute Gasteiger partial charge is 0.316 e. The molecule has 0 aliphatic carbocycles. The van der Waals surface area contributed by atoms with E-state index in [-0.39, 0.29) is 5.91 Å². The lowest BCUT2D eigenvalue weighted by Gasteiger charge is -2.25. The van der Waals surface area contributed by atoms with Crippen molar-refractivity contribution in [2.45, 2.75) is 13.5 Å². The summed E-state index contributed by atoms with van der Waals surface area (Å²) < 4.78 is 7.78. The lowest BCUT2D eigenvalue weighted by Crippen LogP contribution is -2.36. The van der Waals surface area contributed by atoms with E-state index in [1.807, 2.05) is 18.2 Å². The van der Waals surface area contributed by atoms with Crippen LogP contribution in [0.15, 0.2) is 46.0 Å². The molecule has 1 fully saturated rings. The number of hydrogen-bond acceptors (Lipinski definition) is 7. The Hall–Kier alpha value is -3.50. The number of amides is 1. The van der Waals surface area contributed by atoms with Crippen LogP contribution in [0.3, 0.4) is 0 Å². The first-order valence-corrected chi connectivity index (χ1v) is 11.2. The number of aromatic amines is 1. The molecule has 10 heteroatoms. The number of carbonyl (C=O) groups excluding carboxylic acids is 1. The minimum atomic E-state index is -0.705. The number of fused-ring (bicyclic) bond motifs is 2. The number of rotatable bonds is 4.